The van der Waals surface area contributed by atoms with Gasteiger partial charge >= 0.3 is 0 Å². The number of fused-ring (bicyclic) bond motifs is 2. The summed E-state index contributed by atoms with van der Waals surface area (Å²) in [6.07, 6.45) is 0. The summed E-state index contributed by atoms with van der Waals surface area (Å²) in [5.74, 6) is 0. The monoisotopic (exact) mass is 622 g/mol. The van der Waals surface area contributed by atoms with Crippen LogP contribution in [-0.2, 0) is 0 Å². The molecule has 0 amide bonds. The Morgan fingerprint density at radius 3 is 1.26 bits per heavy atom. The van der Waals surface area contributed by atoms with Gasteiger partial charge < -0.3 is 0 Å². The first-order chi connectivity index (χ1) is 22.6. The van der Waals surface area contributed by atoms with Crippen molar-refractivity contribution < 1.29 is 0 Å². The lowest BCUT2D eigenvalue weighted by molar-refractivity contribution is 1.43. The fraction of sp³-hybridized carbons (Fsp3) is 0. The smallest absolute Gasteiger partial charge is 0.124 e. The molecule has 4 nitrogen and oxygen atoms in total. The predicted molar refractivity (Wildman–Crippen MR) is 189 cm³/mol. The van der Waals surface area contributed by atoms with Crippen LogP contribution in [0.15, 0.2) is 133 Å². The molecule has 0 aliphatic heterocycles. The van der Waals surface area contributed by atoms with E-state index in [1.807, 2.05) is 42.5 Å². The Labute approximate surface area is 273 Å². The molecule has 2 aromatic heterocycles. The minimum absolute atomic E-state index is 0.368. The average Bonchev–Trinajstić information content (AvgIpc) is 3.76. The van der Waals surface area contributed by atoms with Crippen LogP contribution in [0, 0.1) is 22.7 Å². The van der Waals surface area contributed by atoms with Crippen LogP contribution in [0.5, 0.6) is 0 Å². The zero-order valence-electron chi connectivity index (χ0n) is 24.3. The van der Waals surface area contributed by atoms with Gasteiger partial charge in [0.05, 0.1) is 31.6 Å². The van der Waals surface area contributed by atoms with Crippen molar-refractivity contribution in [2.45, 2.75) is 0 Å². The van der Waals surface area contributed by atoms with Crippen LogP contribution >= 0.6 is 22.7 Å². The fourth-order valence-electron chi connectivity index (χ4n) is 5.64. The molecule has 2 heterocycles. The third kappa shape index (κ3) is 5.12. The SMILES string of the molecule is N#Cc1ccc(-c2cc(-c3ccc(-c4nc5ccccc5s4)cc3)cc(-c3ccc(-c4nc5ccccc5s4)cc3)c2)cc1C#N. The number of nitrogens with zero attached hydrogens (tertiary/aromatic N) is 4. The number of hydrogen-bond acceptors (Lipinski definition) is 6. The molecule has 46 heavy (non-hydrogen) atoms. The minimum atomic E-state index is 0.368. The number of nitriles is 2. The Morgan fingerprint density at radius 2 is 0.804 bits per heavy atom. The predicted octanol–water partition coefficient (Wildman–Crippen LogP) is 11.0. The number of benzene rings is 6. The summed E-state index contributed by atoms with van der Waals surface area (Å²) in [5.41, 5.74) is 11.1. The fourth-order valence-corrected chi connectivity index (χ4v) is 7.59. The van der Waals surface area contributed by atoms with E-state index in [4.69, 9.17) is 9.97 Å². The van der Waals surface area contributed by atoms with Crippen molar-refractivity contribution in [2.75, 3.05) is 0 Å². The van der Waals surface area contributed by atoms with E-state index in [9.17, 15) is 10.5 Å². The summed E-state index contributed by atoms with van der Waals surface area (Å²) in [7, 11) is 0. The standard InChI is InChI=1S/C40H22N4S2/c41-23-30-18-17-29(19-34(30)24-42)33-21-31(25-9-13-27(14-10-25)39-43-35-5-1-3-7-37(35)45-39)20-32(22-33)26-11-15-28(16-12-26)40-44-36-6-2-4-8-38(36)46-40/h1-22H. The van der Waals surface area contributed by atoms with E-state index in [1.165, 1.54) is 9.40 Å². The molecule has 6 heteroatoms. The van der Waals surface area contributed by atoms with Crippen molar-refractivity contribution >= 4 is 43.1 Å². The summed E-state index contributed by atoms with van der Waals surface area (Å²) < 4.78 is 2.35. The first kappa shape index (κ1) is 27.6. The molecule has 0 aliphatic carbocycles. The molecule has 0 N–H and O–H groups in total. The van der Waals surface area contributed by atoms with Gasteiger partial charge in [-0.3, -0.25) is 0 Å². The Balaban J connectivity index is 1.20. The number of para-hydroxylation sites is 2. The molecule has 0 fully saturated rings. The first-order valence-electron chi connectivity index (χ1n) is 14.7. The van der Waals surface area contributed by atoms with Gasteiger partial charge in [0.1, 0.15) is 22.2 Å². The van der Waals surface area contributed by atoms with Gasteiger partial charge in [0.15, 0.2) is 0 Å². The summed E-state index contributed by atoms with van der Waals surface area (Å²) >= 11 is 3.39. The van der Waals surface area contributed by atoms with Gasteiger partial charge in [-0.1, -0.05) is 78.9 Å². The van der Waals surface area contributed by atoms with Crippen molar-refractivity contribution in [2.24, 2.45) is 0 Å². The maximum atomic E-state index is 9.71. The molecule has 0 atom stereocenters. The number of hydrogen-bond donors (Lipinski definition) is 0. The van der Waals surface area contributed by atoms with Crippen LogP contribution in [0.2, 0.25) is 0 Å². The largest absolute Gasteiger partial charge is 0.236 e. The van der Waals surface area contributed by atoms with Gasteiger partial charge in [0.25, 0.3) is 0 Å². The van der Waals surface area contributed by atoms with Gasteiger partial charge in [-0.2, -0.15) is 10.5 Å². The minimum Gasteiger partial charge on any atom is -0.236 e. The second-order valence-electron chi connectivity index (χ2n) is 10.9. The number of aromatic nitrogens is 2. The quantitative estimate of drug-likeness (QED) is 0.191. The van der Waals surface area contributed by atoms with Crippen LogP contribution in [0.4, 0.5) is 0 Å². The molecule has 0 saturated carbocycles. The molecule has 8 rings (SSSR count). The molecule has 214 valence electrons. The molecule has 0 spiro atoms. The van der Waals surface area contributed by atoms with Gasteiger partial charge in [-0.15, -0.1) is 22.7 Å². The van der Waals surface area contributed by atoms with Crippen molar-refractivity contribution in [3.05, 3.63) is 145 Å². The summed E-state index contributed by atoms with van der Waals surface area (Å²) in [5, 5.41) is 21.2. The molecule has 0 unspecified atom stereocenters. The topological polar surface area (TPSA) is 73.4 Å². The summed E-state index contributed by atoms with van der Waals surface area (Å²) in [4.78, 5) is 9.66. The Kier molecular flexibility index (Phi) is 6.93. The average molecular weight is 623 g/mol. The number of thiazole rings is 2. The Bertz CT molecular complexity index is 2290. The summed E-state index contributed by atoms with van der Waals surface area (Å²) in [6.45, 7) is 0. The second kappa shape index (κ2) is 11.5. The van der Waals surface area contributed by atoms with E-state index in [1.54, 1.807) is 34.8 Å². The normalized spacial score (nSPS) is 11.0. The molecule has 0 saturated heterocycles. The third-order valence-electron chi connectivity index (χ3n) is 8.04. The maximum Gasteiger partial charge on any atom is 0.124 e. The molecular weight excluding hydrogens is 601 g/mol. The third-order valence-corrected chi connectivity index (χ3v) is 10.2. The van der Waals surface area contributed by atoms with Gasteiger partial charge in [0, 0.05) is 11.1 Å². The molecular formula is C40H22N4S2. The second-order valence-corrected chi connectivity index (χ2v) is 13.0. The van der Waals surface area contributed by atoms with Gasteiger partial charge in [-0.05, 0) is 88.0 Å². The highest BCUT2D eigenvalue weighted by molar-refractivity contribution is 7.22. The number of rotatable bonds is 5. The highest BCUT2D eigenvalue weighted by atomic mass is 32.1. The van der Waals surface area contributed by atoms with Gasteiger partial charge in [0.2, 0.25) is 0 Å². The molecule has 8 aromatic rings. The summed E-state index contributed by atoms with van der Waals surface area (Å²) in [6, 6.07) is 49.7. The zero-order chi connectivity index (χ0) is 31.0. The van der Waals surface area contributed by atoms with Crippen molar-refractivity contribution in [3.8, 4) is 66.7 Å². The molecule has 6 aromatic carbocycles. The highest BCUT2D eigenvalue weighted by Gasteiger charge is 2.13. The van der Waals surface area contributed by atoms with Gasteiger partial charge in [-0.25, -0.2) is 9.97 Å². The van der Waals surface area contributed by atoms with E-state index in [2.05, 4.69) is 91.0 Å². The van der Waals surface area contributed by atoms with E-state index in [0.717, 1.165) is 65.6 Å². The van der Waals surface area contributed by atoms with E-state index in [0.29, 0.717) is 11.1 Å². The van der Waals surface area contributed by atoms with Crippen LogP contribution in [0.1, 0.15) is 11.1 Å². The Hall–Kier alpha value is -5.92. The Morgan fingerprint density at radius 1 is 0.391 bits per heavy atom. The lowest BCUT2D eigenvalue weighted by Gasteiger charge is -2.12. The zero-order valence-corrected chi connectivity index (χ0v) is 25.9. The van der Waals surface area contributed by atoms with Crippen LogP contribution in [0.3, 0.4) is 0 Å². The van der Waals surface area contributed by atoms with E-state index in [-0.39, 0.29) is 0 Å². The van der Waals surface area contributed by atoms with Crippen LogP contribution < -0.4 is 0 Å². The van der Waals surface area contributed by atoms with E-state index >= 15 is 0 Å². The van der Waals surface area contributed by atoms with Crippen molar-refractivity contribution in [3.63, 3.8) is 0 Å². The molecule has 0 bridgehead atoms. The maximum absolute atomic E-state index is 9.71. The van der Waals surface area contributed by atoms with Crippen LogP contribution in [-0.4, -0.2) is 9.97 Å². The molecule has 0 radical (unpaired) electrons. The van der Waals surface area contributed by atoms with E-state index < -0.39 is 0 Å². The molecule has 0 aliphatic rings. The van der Waals surface area contributed by atoms with Crippen LogP contribution in [0.25, 0.3) is 75.0 Å². The first-order valence-corrected chi connectivity index (χ1v) is 16.3. The van der Waals surface area contributed by atoms with Crippen molar-refractivity contribution in [1.82, 2.24) is 9.97 Å². The van der Waals surface area contributed by atoms with Crippen molar-refractivity contribution in [1.29, 1.82) is 10.5 Å². The lowest BCUT2D eigenvalue weighted by atomic mass is 9.92. The lowest BCUT2D eigenvalue weighted by Crippen LogP contribution is -1.89. The highest BCUT2D eigenvalue weighted by Crippen LogP contribution is 2.37.